The molecule has 74 valence electrons. The Morgan fingerprint density at radius 1 is 1.43 bits per heavy atom. The third kappa shape index (κ3) is 2.10. The molecule has 1 aliphatic rings. The summed E-state index contributed by atoms with van der Waals surface area (Å²) < 4.78 is 0. The largest absolute Gasteiger partial charge is 0.366 e. The molecular weight excluding hydrogens is 174 g/mol. The van der Waals surface area contributed by atoms with Crippen LogP contribution >= 0.6 is 0 Å². The third-order valence-corrected chi connectivity index (χ3v) is 2.39. The van der Waals surface area contributed by atoms with Gasteiger partial charge in [0.05, 0.1) is 17.6 Å². The standard InChI is InChI=1S/C11H15N3/c1-9(10-5-2-3-7-12-10)14-11-6-4-8-13-11/h2-3,5,7,9H,4,6,8H2,1H3,(H,13,14). The van der Waals surface area contributed by atoms with Gasteiger partial charge in [-0.1, -0.05) is 6.07 Å². The maximum absolute atomic E-state index is 4.38. The molecule has 1 unspecified atom stereocenters. The van der Waals surface area contributed by atoms with Crippen molar-refractivity contribution in [2.45, 2.75) is 25.8 Å². The molecular formula is C11H15N3. The second-order valence-electron chi connectivity index (χ2n) is 3.55. The Hall–Kier alpha value is -1.38. The van der Waals surface area contributed by atoms with Gasteiger partial charge in [-0.05, 0) is 25.5 Å². The van der Waals surface area contributed by atoms with E-state index >= 15 is 0 Å². The molecule has 1 atom stereocenters. The summed E-state index contributed by atoms with van der Waals surface area (Å²) in [4.78, 5) is 8.68. The van der Waals surface area contributed by atoms with E-state index in [1.807, 2.05) is 24.4 Å². The first-order valence-corrected chi connectivity index (χ1v) is 5.07. The first kappa shape index (κ1) is 9.19. The summed E-state index contributed by atoms with van der Waals surface area (Å²) in [6.07, 6.45) is 4.08. The molecule has 1 N–H and O–H groups in total. The second-order valence-corrected chi connectivity index (χ2v) is 3.55. The molecule has 1 aromatic heterocycles. The van der Waals surface area contributed by atoms with Crippen LogP contribution in [0.2, 0.25) is 0 Å². The molecule has 0 radical (unpaired) electrons. The minimum absolute atomic E-state index is 0.257. The van der Waals surface area contributed by atoms with Gasteiger partial charge in [0.1, 0.15) is 0 Å². The fraction of sp³-hybridized carbons (Fsp3) is 0.455. The van der Waals surface area contributed by atoms with E-state index in [4.69, 9.17) is 0 Å². The van der Waals surface area contributed by atoms with Gasteiger partial charge < -0.3 is 5.32 Å². The van der Waals surface area contributed by atoms with Gasteiger partial charge in [0, 0.05) is 19.2 Å². The summed E-state index contributed by atoms with van der Waals surface area (Å²) in [6, 6.07) is 6.24. The highest BCUT2D eigenvalue weighted by Gasteiger charge is 2.11. The summed E-state index contributed by atoms with van der Waals surface area (Å²) in [7, 11) is 0. The van der Waals surface area contributed by atoms with E-state index in [0.29, 0.717) is 0 Å². The van der Waals surface area contributed by atoms with Crippen molar-refractivity contribution >= 4 is 5.84 Å². The van der Waals surface area contributed by atoms with E-state index in [1.54, 1.807) is 0 Å². The lowest BCUT2D eigenvalue weighted by Gasteiger charge is -2.13. The summed E-state index contributed by atoms with van der Waals surface area (Å²) in [5.41, 5.74) is 1.07. The highest BCUT2D eigenvalue weighted by Crippen LogP contribution is 2.10. The van der Waals surface area contributed by atoms with Gasteiger partial charge in [0.15, 0.2) is 0 Å². The Balaban J connectivity index is 1.99. The van der Waals surface area contributed by atoms with E-state index in [-0.39, 0.29) is 6.04 Å². The van der Waals surface area contributed by atoms with Crippen molar-refractivity contribution in [1.82, 2.24) is 10.3 Å². The first-order valence-electron chi connectivity index (χ1n) is 5.07. The van der Waals surface area contributed by atoms with Gasteiger partial charge in [-0.25, -0.2) is 0 Å². The predicted molar refractivity (Wildman–Crippen MR) is 57.3 cm³/mol. The summed E-state index contributed by atoms with van der Waals surface area (Å²) in [5, 5.41) is 3.38. The van der Waals surface area contributed by atoms with Gasteiger partial charge >= 0.3 is 0 Å². The van der Waals surface area contributed by atoms with E-state index in [1.165, 1.54) is 6.42 Å². The molecule has 0 saturated carbocycles. The molecule has 0 aliphatic carbocycles. The summed E-state index contributed by atoms with van der Waals surface area (Å²) in [5.74, 6) is 1.13. The average Bonchev–Trinajstić information content (AvgIpc) is 2.72. The number of hydrogen-bond acceptors (Lipinski definition) is 3. The topological polar surface area (TPSA) is 37.3 Å². The molecule has 0 aromatic carbocycles. The van der Waals surface area contributed by atoms with Crippen LogP contribution in [-0.2, 0) is 0 Å². The zero-order valence-electron chi connectivity index (χ0n) is 8.40. The highest BCUT2D eigenvalue weighted by molar-refractivity contribution is 5.83. The summed E-state index contributed by atoms with van der Waals surface area (Å²) >= 11 is 0. The average molecular weight is 189 g/mol. The maximum Gasteiger partial charge on any atom is 0.0968 e. The van der Waals surface area contributed by atoms with Crippen molar-refractivity contribution in [3.05, 3.63) is 30.1 Å². The molecule has 0 saturated heterocycles. The van der Waals surface area contributed by atoms with Crippen molar-refractivity contribution in [2.75, 3.05) is 6.54 Å². The molecule has 3 nitrogen and oxygen atoms in total. The van der Waals surface area contributed by atoms with Crippen LogP contribution in [0.5, 0.6) is 0 Å². The molecule has 3 heteroatoms. The van der Waals surface area contributed by atoms with Crippen LogP contribution in [0.15, 0.2) is 29.4 Å². The minimum Gasteiger partial charge on any atom is -0.366 e. The molecule has 1 aromatic rings. The zero-order chi connectivity index (χ0) is 9.80. The normalized spacial score (nSPS) is 17.6. The second kappa shape index (κ2) is 4.22. The van der Waals surface area contributed by atoms with Crippen LogP contribution in [0.4, 0.5) is 0 Å². The Morgan fingerprint density at radius 2 is 2.36 bits per heavy atom. The SMILES string of the molecule is CC(NC1=NCCC1)c1ccccn1. The number of amidine groups is 1. The molecule has 1 aliphatic heterocycles. The number of pyridine rings is 1. The minimum atomic E-state index is 0.257. The fourth-order valence-electron chi connectivity index (χ4n) is 1.61. The summed E-state index contributed by atoms with van der Waals surface area (Å²) in [6.45, 7) is 3.08. The predicted octanol–water partition coefficient (Wildman–Crippen LogP) is 1.92. The third-order valence-electron chi connectivity index (χ3n) is 2.39. The van der Waals surface area contributed by atoms with Crippen molar-refractivity contribution in [3.8, 4) is 0 Å². The molecule has 0 spiro atoms. The number of rotatable bonds is 2. The lowest BCUT2D eigenvalue weighted by Crippen LogP contribution is -2.25. The Labute approximate surface area is 84.3 Å². The monoisotopic (exact) mass is 189 g/mol. The maximum atomic E-state index is 4.38. The van der Waals surface area contributed by atoms with Crippen molar-refractivity contribution in [1.29, 1.82) is 0 Å². The molecule has 0 fully saturated rings. The van der Waals surface area contributed by atoms with Gasteiger partial charge in [-0.15, -0.1) is 0 Å². The van der Waals surface area contributed by atoms with Crippen LogP contribution in [-0.4, -0.2) is 17.4 Å². The van der Waals surface area contributed by atoms with Crippen LogP contribution in [0.3, 0.4) is 0 Å². The van der Waals surface area contributed by atoms with Crippen LogP contribution in [0.1, 0.15) is 31.5 Å². The van der Waals surface area contributed by atoms with Crippen LogP contribution < -0.4 is 5.32 Å². The van der Waals surface area contributed by atoms with Gasteiger partial charge in [-0.2, -0.15) is 0 Å². The zero-order valence-corrected chi connectivity index (χ0v) is 8.40. The number of nitrogens with one attached hydrogen (secondary N) is 1. The molecule has 0 amide bonds. The number of hydrogen-bond donors (Lipinski definition) is 1. The van der Waals surface area contributed by atoms with Crippen molar-refractivity contribution in [2.24, 2.45) is 4.99 Å². The van der Waals surface area contributed by atoms with Gasteiger partial charge in [-0.3, -0.25) is 9.98 Å². The molecule has 14 heavy (non-hydrogen) atoms. The number of aliphatic imine (C=N–C) groups is 1. The molecule has 2 rings (SSSR count). The lowest BCUT2D eigenvalue weighted by atomic mass is 10.2. The Bertz CT molecular complexity index is 319. The molecule has 2 heterocycles. The van der Waals surface area contributed by atoms with Gasteiger partial charge in [0.2, 0.25) is 0 Å². The number of nitrogens with zero attached hydrogens (tertiary/aromatic N) is 2. The van der Waals surface area contributed by atoms with Crippen molar-refractivity contribution in [3.63, 3.8) is 0 Å². The van der Waals surface area contributed by atoms with Crippen molar-refractivity contribution < 1.29 is 0 Å². The van der Waals surface area contributed by atoms with E-state index in [2.05, 4.69) is 22.2 Å². The Kier molecular flexibility index (Phi) is 2.77. The quantitative estimate of drug-likeness (QED) is 0.771. The fourth-order valence-corrected chi connectivity index (χ4v) is 1.61. The van der Waals surface area contributed by atoms with Crippen LogP contribution in [0.25, 0.3) is 0 Å². The van der Waals surface area contributed by atoms with Gasteiger partial charge in [0.25, 0.3) is 0 Å². The van der Waals surface area contributed by atoms with E-state index in [9.17, 15) is 0 Å². The van der Waals surface area contributed by atoms with E-state index < -0.39 is 0 Å². The van der Waals surface area contributed by atoms with E-state index in [0.717, 1.165) is 24.5 Å². The van der Waals surface area contributed by atoms with Crippen LogP contribution in [0, 0.1) is 0 Å². The lowest BCUT2D eigenvalue weighted by molar-refractivity contribution is 0.685. The first-order chi connectivity index (χ1) is 6.86. The Morgan fingerprint density at radius 3 is 3.00 bits per heavy atom. The highest BCUT2D eigenvalue weighted by atomic mass is 15.0. The smallest absolute Gasteiger partial charge is 0.0968 e. The molecule has 0 bridgehead atoms. The number of aromatic nitrogens is 1.